The van der Waals surface area contributed by atoms with Gasteiger partial charge in [0.1, 0.15) is 11.3 Å². The zero-order valence-corrected chi connectivity index (χ0v) is 12.9. The summed E-state index contributed by atoms with van der Waals surface area (Å²) in [5.74, 6) is 0.545. The summed E-state index contributed by atoms with van der Waals surface area (Å²) < 4.78 is 6.07. The summed E-state index contributed by atoms with van der Waals surface area (Å²) >= 11 is 0. The van der Waals surface area contributed by atoms with Crippen molar-refractivity contribution in [3.8, 4) is 11.3 Å². The summed E-state index contributed by atoms with van der Waals surface area (Å²) in [4.78, 5) is 13.0. The molecule has 0 saturated heterocycles. The van der Waals surface area contributed by atoms with Crippen LogP contribution in [0.1, 0.15) is 0 Å². The van der Waals surface area contributed by atoms with Crippen LogP contribution in [0.3, 0.4) is 0 Å². The van der Waals surface area contributed by atoms with Crippen LogP contribution >= 0.6 is 0 Å². The van der Waals surface area contributed by atoms with Crippen molar-refractivity contribution in [2.24, 2.45) is 0 Å². The predicted octanol–water partition coefficient (Wildman–Crippen LogP) is 5.20. The first-order valence-electron chi connectivity index (χ1n) is 7.76. The second-order valence-electron chi connectivity index (χ2n) is 5.49. The molecule has 0 aliphatic rings. The lowest BCUT2D eigenvalue weighted by atomic mass is 10.1. The van der Waals surface area contributed by atoms with Crippen molar-refractivity contribution >= 4 is 22.3 Å². The van der Waals surface area contributed by atoms with Gasteiger partial charge in [0.05, 0.1) is 5.39 Å². The zero-order valence-electron chi connectivity index (χ0n) is 12.9. The maximum Gasteiger partial charge on any atom is 0.216 e. The Labute approximate surface area is 139 Å². The van der Waals surface area contributed by atoms with Gasteiger partial charge in [-0.1, -0.05) is 60.7 Å². The number of anilines is 2. The second kappa shape index (κ2) is 6.05. The van der Waals surface area contributed by atoms with Gasteiger partial charge in [-0.25, -0.2) is 0 Å². The van der Waals surface area contributed by atoms with Crippen LogP contribution in [0, 0.1) is 0 Å². The smallest absolute Gasteiger partial charge is 0.216 e. The topological polar surface area (TPSA) is 42.2 Å². The van der Waals surface area contributed by atoms with Crippen molar-refractivity contribution in [2.45, 2.75) is 0 Å². The maximum atomic E-state index is 13.0. The minimum Gasteiger partial charge on any atom is -0.454 e. The quantitative estimate of drug-likeness (QED) is 0.565. The summed E-state index contributed by atoms with van der Waals surface area (Å²) in [6.07, 6.45) is 0. The van der Waals surface area contributed by atoms with Gasteiger partial charge in [-0.3, -0.25) is 4.79 Å². The van der Waals surface area contributed by atoms with E-state index in [9.17, 15) is 4.79 Å². The molecule has 0 radical (unpaired) electrons. The van der Waals surface area contributed by atoms with Gasteiger partial charge in [0, 0.05) is 11.3 Å². The highest BCUT2D eigenvalue weighted by molar-refractivity contribution is 5.87. The van der Waals surface area contributed by atoms with E-state index >= 15 is 0 Å². The lowest BCUT2D eigenvalue weighted by Gasteiger charge is -2.12. The standard InChI is InChI=1S/C21H15NO2/c23-20-17-13-7-8-14-18(17)24-21(15-9-3-1-4-10-15)19(20)22-16-11-5-2-6-12-16/h1-14,22H. The molecule has 0 aliphatic heterocycles. The first-order chi connectivity index (χ1) is 11.8. The molecule has 3 aromatic carbocycles. The van der Waals surface area contributed by atoms with Crippen LogP contribution in [0.15, 0.2) is 94.1 Å². The summed E-state index contributed by atoms with van der Waals surface area (Å²) in [5.41, 5.74) is 2.67. The number of benzene rings is 3. The van der Waals surface area contributed by atoms with E-state index in [2.05, 4.69) is 5.32 Å². The van der Waals surface area contributed by atoms with Crippen molar-refractivity contribution < 1.29 is 4.42 Å². The van der Waals surface area contributed by atoms with Crippen molar-refractivity contribution in [1.29, 1.82) is 0 Å². The van der Waals surface area contributed by atoms with E-state index in [1.54, 1.807) is 6.07 Å². The number of para-hydroxylation sites is 2. The van der Waals surface area contributed by atoms with Crippen molar-refractivity contribution in [1.82, 2.24) is 0 Å². The Morgan fingerprint density at radius 1 is 0.708 bits per heavy atom. The van der Waals surface area contributed by atoms with E-state index in [4.69, 9.17) is 4.42 Å². The van der Waals surface area contributed by atoms with Crippen LogP contribution in [0.5, 0.6) is 0 Å². The van der Waals surface area contributed by atoms with Crippen molar-refractivity contribution in [3.63, 3.8) is 0 Å². The van der Waals surface area contributed by atoms with E-state index in [1.807, 2.05) is 78.9 Å². The average molecular weight is 313 g/mol. The molecule has 0 amide bonds. The molecule has 0 atom stereocenters. The molecule has 4 aromatic rings. The van der Waals surface area contributed by atoms with E-state index in [0.717, 1.165) is 11.3 Å². The lowest BCUT2D eigenvalue weighted by Crippen LogP contribution is -2.10. The van der Waals surface area contributed by atoms with E-state index in [0.29, 0.717) is 22.4 Å². The number of hydrogen-bond acceptors (Lipinski definition) is 3. The molecule has 3 heteroatoms. The summed E-state index contributed by atoms with van der Waals surface area (Å²) in [7, 11) is 0. The van der Waals surface area contributed by atoms with Crippen LogP contribution in [0.2, 0.25) is 0 Å². The van der Waals surface area contributed by atoms with Gasteiger partial charge in [-0.2, -0.15) is 0 Å². The summed E-state index contributed by atoms with van der Waals surface area (Å²) in [5, 5.41) is 3.79. The monoisotopic (exact) mass is 313 g/mol. The molecule has 0 aliphatic carbocycles. The van der Waals surface area contributed by atoms with Gasteiger partial charge in [0.15, 0.2) is 5.76 Å². The number of rotatable bonds is 3. The third kappa shape index (κ3) is 2.57. The normalized spacial score (nSPS) is 10.7. The zero-order chi connectivity index (χ0) is 16.4. The molecule has 4 rings (SSSR count). The third-order valence-electron chi connectivity index (χ3n) is 3.88. The van der Waals surface area contributed by atoms with Gasteiger partial charge in [0.2, 0.25) is 5.43 Å². The first kappa shape index (κ1) is 14.3. The SMILES string of the molecule is O=c1c(Nc2ccccc2)c(-c2ccccc2)oc2ccccc12. The molecule has 24 heavy (non-hydrogen) atoms. The van der Waals surface area contributed by atoms with Crippen LogP contribution in [0.25, 0.3) is 22.3 Å². The maximum absolute atomic E-state index is 13.0. The van der Waals surface area contributed by atoms with Crippen molar-refractivity contribution in [3.05, 3.63) is 95.2 Å². The Balaban J connectivity index is 1.98. The molecule has 0 saturated carbocycles. The van der Waals surface area contributed by atoms with E-state index in [-0.39, 0.29) is 5.43 Å². The molecule has 3 nitrogen and oxygen atoms in total. The average Bonchev–Trinajstić information content (AvgIpc) is 2.65. The molecule has 0 fully saturated rings. The van der Waals surface area contributed by atoms with Gasteiger partial charge in [-0.15, -0.1) is 0 Å². The lowest BCUT2D eigenvalue weighted by molar-refractivity contribution is 0.621. The third-order valence-corrected chi connectivity index (χ3v) is 3.88. The molecule has 1 aromatic heterocycles. The number of fused-ring (bicyclic) bond motifs is 1. The highest BCUT2D eigenvalue weighted by Crippen LogP contribution is 2.30. The fraction of sp³-hybridized carbons (Fsp3) is 0. The summed E-state index contributed by atoms with van der Waals surface area (Å²) in [6, 6.07) is 26.6. The van der Waals surface area contributed by atoms with E-state index < -0.39 is 0 Å². The minimum absolute atomic E-state index is 0.0699. The number of nitrogens with one attached hydrogen (secondary N) is 1. The molecular weight excluding hydrogens is 298 g/mol. The molecule has 1 heterocycles. The Kier molecular flexibility index (Phi) is 3.60. The van der Waals surface area contributed by atoms with Crippen LogP contribution < -0.4 is 10.7 Å². The fourth-order valence-corrected chi connectivity index (χ4v) is 2.71. The summed E-state index contributed by atoms with van der Waals surface area (Å²) in [6.45, 7) is 0. The largest absolute Gasteiger partial charge is 0.454 e. The molecule has 1 N–H and O–H groups in total. The first-order valence-corrected chi connectivity index (χ1v) is 7.76. The van der Waals surface area contributed by atoms with Gasteiger partial charge in [0.25, 0.3) is 0 Å². The minimum atomic E-state index is -0.0699. The van der Waals surface area contributed by atoms with Crippen LogP contribution in [-0.4, -0.2) is 0 Å². The highest BCUT2D eigenvalue weighted by atomic mass is 16.3. The van der Waals surface area contributed by atoms with Gasteiger partial charge in [-0.05, 0) is 24.3 Å². The molecule has 116 valence electrons. The Hall–Kier alpha value is -3.33. The van der Waals surface area contributed by atoms with Gasteiger partial charge >= 0.3 is 0 Å². The van der Waals surface area contributed by atoms with Crippen molar-refractivity contribution in [2.75, 3.05) is 5.32 Å². The Morgan fingerprint density at radius 2 is 1.33 bits per heavy atom. The molecule has 0 bridgehead atoms. The van der Waals surface area contributed by atoms with Gasteiger partial charge < -0.3 is 9.73 Å². The van der Waals surface area contributed by atoms with Crippen LogP contribution in [0.4, 0.5) is 11.4 Å². The van der Waals surface area contributed by atoms with E-state index in [1.165, 1.54) is 0 Å². The predicted molar refractivity (Wildman–Crippen MR) is 97.6 cm³/mol. The highest BCUT2D eigenvalue weighted by Gasteiger charge is 2.16. The Morgan fingerprint density at radius 3 is 2.08 bits per heavy atom. The molecule has 0 unspecified atom stereocenters. The second-order valence-corrected chi connectivity index (χ2v) is 5.49. The Bertz CT molecular complexity index is 1040. The fourth-order valence-electron chi connectivity index (χ4n) is 2.71. The number of hydrogen-bond donors (Lipinski definition) is 1. The van der Waals surface area contributed by atoms with Crippen LogP contribution in [-0.2, 0) is 0 Å². The molecular formula is C21H15NO2. The molecule has 0 spiro atoms.